The van der Waals surface area contributed by atoms with Crippen LogP contribution in [0.15, 0.2) is 35.6 Å². The molecule has 0 amide bonds. The number of hydrogen-bond acceptors (Lipinski definition) is 5. The first-order valence-corrected chi connectivity index (χ1v) is 8.39. The van der Waals surface area contributed by atoms with Gasteiger partial charge in [0.15, 0.2) is 5.17 Å². The van der Waals surface area contributed by atoms with Gasteiger partial charge in [0.25, 0.3) is 0 Å². The Labute approximate surface area is 133 Å². The smallest absolute Gasteiger partial charge is 0.160 e. The Balaban J connectivity index is 1.78. The Hall–Kier alpha value is -1.95. The van der Waals surface area contributed by atoms with Crippen LogP contribution >= 0.6 is 11.8 Å². The monoisotopic (exact) mass is 314 g/mol. The van der Waals surface area contributed by atoms with Crippen LogP contribution in [0.2, 0.25) is 0 Å². The molecule has 5 nitrogen and oxygen atoms in total. The van der Waals surface area contributed by atoms with Crippen LogP contribution in [0.5, 0.6) is 5.75 Å². The average molecular weight is 314 g/mol. The molecule has 0 bridgehead atoms. The lowest BCUT2D eigenvalue weighted by Crippen LogP contribution is -2.39. The molecule has 4 rings (SSSR count). The molecule has 0 saturated heterocycles. The van der Waals surface area contributed by atoms with Gasteiger partial charge >= 0.3 is 0 Å². The molecule has 0 aliphatic carbocycles. The van der Waals surface area contributed by atoms with Crippen LogP contribution in [-0.2, 0) is 6.42 Å². The van der Waals surface area contributed by atoms with Gasteiger partial charge in [-0.3, -0.25) is 4.99 Å². The summed E-state index contributed by atoms with van der Waals surface area (Å²) in [4.78, 5) is 14.8. The normalized spacial score (nSPS) is 24.2. The molecule has 2 aromatic rings. The summed E-state index contributed by atoms with van der Waals surface area (Å²) in [5.41, 5.74) is 3.27. The number of hydrogen-bond donors (Lipinski definition) is 2. The van der Waals surface area contributed by atoms with Crippen molar-refractivity contribution in [2.24, 2.45) is 4.99 Å². The van der Waals surface area contributed by atoms with Crippen LogP contribution in [0.1, 0.15) is 29.9 Å². The van der Waals surface area contributed by atoms with Gasteiger partial charge in [-0.05, 0) is 17.7 Å². The van der Waals surface area contributed by atoms with Crippen molar-refractivity contribution in [2.45, 2.75) is 24.6 Å². The lowest BCUT2D eigenvalue weighted by molar-refractivity contribution is 0.337. The molecule has 2 unspecified atom stereocenters. The second kappa shape index (κ2) is 5.35. The number of phenols is 1. The Bertz CT molecular complexity index is 726. The molecule has 0 saturated carbocycles. The fourth-order valence-electron chi connectivity index (χ4n) is 3.13. The molecular formula is C16H18N4OS. The topological polar surface area (TPSA) is 64.5 Å². The van der Waals surface area contributed by atoms with Gasteiger partial charge in [0.2, 0.25) is 0 Å². The van der Waals surface area contributed by atoms with E-state index in [9.17, 15) is 5.11 Å². The van der Waals surface area contributed by atoms with Gasteiger partial charge in [-0.25, -0.2) is 4.98 Å². The molecule has 1 aromatic heterocycles. The van der Waals surface area contributed by atoms with Crippen LogP contribution in [0, 0.1) is 0 Å². The van der Waals surface area contributed by atoms with E-state index >= 15 is 0 Å². The molecule has 114 valence electrons. The predicted octanol–water partition coefficient (Wildman–Crippen LogP) is 2.55. The molecule has 0 spiro atoms. The summed E-state index contributed by atoms with van der Waals surface area (Å²) < 4.78 is 0. The number of nitrogens with one attached hydrogen (secondary N) is 1. The van der Waals surface area contributed by atoms with E-state index in [1.165, 1.54) is 5.69 Å². The standard InChI is InChI=1S/C16H18N4OS/c1-10-8-17-16(22-10)20-6-5-13-14(19-9-18-13)15(20)11-3-2-4-12(21)7-11/h2-4,7,9-10,15,21H,5-6,8H2,1H3,(H,18,19). The summed E-state index contributed by atoms with van der Waals surface area (Å²) in [7, 11) is 0. The molecule has 2 N–H and O–H groups in total. The van der Waals surface area contributed by atoms with Crippen LogP contribution in [0.25, 0.3) is 0 Å². The minimum absolute atomic E-state index is 0.0126. The Kier molecular flexibility index (Phi) is 3.33. The number of rotatable bonds is 1. The number of thioether (sulfide) groups is 1. The second-order valence-electron chi connectivity index (χ2n) is 5.76. The highest BCUT2D eigenvalue weighted by atomic mass is 32.2. The minimum Gasteiger partial charge on any atom is -0.508 e. The van der Waals surface area contributed by atoms with Gasteiger partial charge in [0.1, 0.15) is 11.8 Å². The second-order valence-corrected chi connectivity index (χ2v) is 7.16. The van der Waals surface area contributed by atoms with E-state index in [2.05, 4.69) is 21.8 Å². The first-order valence-electron chi connectivity index (χ1n) is 7.51. The van der Waals surface area contributed by atoms with E-state index in [0.29, 0.717) is 5.25 Å². The fourth-order valence-corrected chi connectivity index (χ4v) is 4.12. The van der Waals surface area contributed by atoms with Crippen molar-refractivity contribution in [1.29, 1.82) is 0 Å². The van der Waals surface area contributed by atoms with E-state index in [4.69, 9.17) is 4.99 Å². The number of benzene rings is 1. The van der Waals surface area contributed by atoms with Crippen molar-refractivity contribution in [3.05, 3.63) is 47.5 Å². The summed E-state index contributed by atoms with van der Waals surface area (Å²) in [6.07, 6.45) is 2.70. The number of phenolic OH excluding ortho intramolecular Hbond substituents is 1. The zero-order valence-electron chi connectivity index (χ0n) is 12.4. The predicted molar refractivity (Wildman–Crippen MR) is 88.3 cm³/mol. The molecule has 1 aromatic carbocycles. The average Bonchev–Trinajstić information content (AvgIpc) is 3.14. The number of imidazole rings is 1. The molecule has 22 heavy (non-hydrogen) atoms. The van der Waals surface area contributed by atoms with E-state index in [-0.39, 0.29) is 11.8 Å². The molecular weight excluding hydrogens is 296 g/mol. The lowest BCUT2D eigenvalue weighted by Gasteiger charge is -2.36. The molecule has 0 fully saturated rings. The first-order chi connectivity index (χ1) is 10.7. The summed E-state index contributed by atoms with van der Waals surface area (Å²) in [6, 6.07) is 7.47. The van der Waals surface area contributed by atoms with Crippen molar-refractivity contribution < 1.29 is 5.11 Å². The van der Waals surface area contributed by atoms with Crippen LogP contribution in [0.4, 0.5) is 0 Å². The summed E-state index contributed by atoms with van der Waals surface area (Å²) >= 11 is 1.83. The van der Waals surface area contributed by atoms with Crippen LogP contribution < -0.4 is 0 Å². The maximum Gasteiger partial charge on any atom is 0.160 e. The van der Waals surface area contributed by atoms with Crippen molar-refractivity contribution in [3.8, 4) is 5.75 Å². The highest BCUT2D eigenvalue weighted by Gasteiger charge is 2.35. The maximum absolute atomic E-state index is 9.85. The number of H-pyrrole nitrogens is 1. The number of aliphatic imine (C=N–C) groups is 1. The van der Waals surface area contributed by atoms with Gasteiger partial charge in [-0.15, -0.1) is 0 Å². The van der Waals surface area contributed by atoms with E-state index in [1.54, 1.807) is 12.4 Å². The molecule has 6 heteroatoms. The van der Waals surface area contributed by atoms with Crippen molar-refractivity contribution in [3.63, 3.8) is 0 Å². The van der Waals surface area contributed by atoms with Gasteiger partial charge in [0, 0.05) is 23.9 Å². The number of aromatic nitrogens is 2. The van der Waals surface area contributed by atoms with E-state index in [1.807, 2.05) is 30.0 Å². The summed E-state index contributed by atoms with van der Waals surface area (Å²) in [6.45, 7) is 3.99. The fraction of sp³-hybridized carbons (Fsp3) is 0.375. The number of fused-ring (bicyclic) bond motifs is 1. The largest absolute Gasteiger partial charge is 0.508 e. The van der Waals surface area contributed by atoms with Gasteiger partial charge in [-0.2, -0.15) is 0 Å². The highest BCUT2D eigenvalue weighted by molar-refractivity contribution is 8.14. The minimum atomic E-state index is 0.0126. The maximum atomic E-state index is 9.85. The molecule has 3 heterocycles. The molecule has 2 aliphatic heterocycles. The SMILES string of the molecule is CC1CN=C(N2CCc3[nH]cnc3C2c2cccc(O)c2)S1. The van der Waals surface area contributed by atoms with E-state index in [0.717, 1.165) is 35.9 Å². The lowest BCUT2D eigenvalue weighted by atomic mass is 9.96. The van der Waals surface area contributed by atoms with Crippen LogP contribution in [-0.4, -0.2) is 43.5 Å². The molecule has 2 aliphatic rings. The Morgan fingerprint density at radius 3 is 3.09 bits per heavy atom. The number of amidine groups is 1. The van der Waals surface area contributed by atoms with E-state index < -0.39 is 0 Å². The van der Waals surface area contributed by atoms with Crippen molar-refractivity contribution >= 4 is 16.9 Å². The zero-order chi connectivity index (χ0) is 15.1. The van der Waals surface area contributed by atoms with Gasteiger partial charge < -0.3 is 15.0 Å². The van der Waals surface area contributed by atoms with Gasteiger partial charge in [0.05, 0.1) is 18.6 Å². The summed E-state index contributed by atoms with van der Waals surface area (Å²) in [5, 5.41) is 11.5. The quantitative estimate of drug-likeness (QED) is 0.849. The molecule has 2 atom stereocenters. The number of aromatic amines is 1. The van der Waals surface area contributed by atoms with Crippen molar-refractivity contribution in [1.82, 2.24) is 14.9 Å². The Morgan fingerprint density at radius 2 is 2.32 bits per heavy atom. The third-order valence-corrected chi connectivity index (χ3v) is 5.27. The Morgan fingerprint density at radius 1 is 1.41 bits per heavy atom. The van der Waals surface area contributed by atoms with Gasteiger partial charge in [-0.1, -0.05) is 30.8 Å². The third-order valence-electron chi connectivity index (χ3n) is 4.15. The molecule has 0 radical (unpaired) electrons. The number of nitrogens with zero attached hydrogens (tertiary/aromatic N) is 3. The highest BCUT2D eigenvalue weighted by Crippen LogP contribution is 2.38. The van der Waals surface area contributed by atoms with Crippen molar-refractivity contribution in [2.75, 3.05) is 13.1 Å². The third kappa shape index (κ3) is 2.27. The summed E-state index contributed by atoms with van der Waals surface area (Å²) in [5.74, 6) is 0.287. The first kappa shape index (κ1) is 13.7. The zero-order valence-corrected chi connectivity index (χ0v) is 13.2. The van der Waals surface area contributed by atoms with Crippen LogP contribution in [0.3, 0.4) is 0 Å². The number of aromatic hydroxyl groups is 1.